The van der Waals surface area contributed by atoms with Gasteiger partial charge in [0, 0.05) is 17.2 Å². The summed E-state index contributed by atoms with van der Waals surface area (Å²) in [6, 6.07) is 3.14. The Bertz CT molecular complexity index is 648. The molecule has 5 nitrogen and oxygen atoms in total. The molecule has 1 aromatic carbocycles. The largest absolute Gasteiger partial charge is 0.496 e. The van der Waals surface area contributed by atoms with E-state index in [4.69, 9.17) is 26.0 Å². The number of carbonyl (C=O) groups is 1. The van der Waals surface area contributed by atoms with Gasteiger partial charge in [0.25, 0.3) is 0 Å². The summed E-state index contributed by atoms with van der Waals surface area (Å²) in [5, 5.41) is 13.2. The molecule has 0 aliphatic rings. The van der Waals surface area contributed by atoms with Crippen molar-refractivity contribution >= 4 is 17.6 Å². The standard InChI is InChI=1S/C13H12ClNO4/c1-6-4-8(12(18-3)7(2)11(6)14)9-5-10(13(16)17)19-15-9/h4-5H,1-3H3,(H,16,17). The summed E-state index contributed by atoms with van der Waals surface area (Å²) in [6.45, 7) is 3.69. The number of halogens is 1. The van der Waals surface area contributed by atoms with Gasteiger partial charge in [-0.1, -0.05) is 16.8 Å². The van der Waals surface area contributed by atoms with Gasteiger partial charge in [-0.3, -0.25) is 0 Å². The summed E-state index contributed by atoms with van der Waals surface area (Å²) in [5.41, 5.74) is 2.68. The maximum Gasteiger partial charge on any atom is 0.374 e. The van der Waals surface area contributed by atoms with Gasteiger partial charge in [0.1, 0.15) is 11.4 Å². The molecular weight excluding hydrogens is 270 g/mol. The van der Waals surface area contributed by atoms with E-state index in [1.807, 2.05) is 13.8 Å². The van der Waals surface area contributed by atoms with Crippen molar-refractivity contribution in [1.82, 2.24) is 5.16 Å². The maximum absolute atomic E-state index is 10.8. The Kier molecular flexibility index (Phi) is 3.48. The number of carboxylic acid groups (broad SMARTS) is 1. The second kappa shape index (κ2) is 4.93. The van der Waals surface area contributed by atoms with Crippen LogP contribution in [0.4, 0.5) is 0 Å². The molecule has 0 amide bonds. The lowest BCUT2D eigenvalue weighted by molar-refractivity contribution is 0.0652. The van der Waals surface area contributed by atoms with Crippen LogP contribution in [-0.4, -0.2) is 23.3 Å². The first kappa shape index (κ1) is 13.4. The number of nitrogens with zero attached hydrogens (tertiary/aromatic N) is 1. The van der Waals surface area contributed by atoms with E-state index < -0.39 is 5.97 Å². The lowest BCUT2D eigenvalue weighted by atomic mass is 10.0. The average Bonchev–Trinajstić information content (AvgIpc) is 2.85. The second-order valence-electron chi connectivity index (χ2n) is 4.09. The fourth-order valence-corrected chi connectivity index (χ4v) is 2.04. The molecule has 2 aromatic rings. The van der Waals surface area contributed by atoms with Gasteiger partial charge in [0.15, 0.2) is 0 Å². The molecule has 0 spiro atoms. The molecule has 0 bridgehead atoms. The Morgan fingerprint density at radius 2 is 2.11 bits per heavy atom. The first-order valence-electron chi connectivity index (χ1n) is 5.49. The first-order valence-corrected chi connectivity index (χ1v) is 5.87. The third kappa shape index (κ3) is 2.29. The van der Waals surface area contributed by atoms with Gasteiger partial charge in [0.05, 0.1) is 12.1 Å². The van der Waals surface area contributed by atoms with Gasteiger partial charge >= 0.3 is 5.97 Å². The van der Waals surface area contributed by atoms with E-state index >= 15 is 0 Å². The van der Waals surface area contributed by atoms with Gasteiger partial charge < -0.3 is 14.4 Å². The molecule has 0 saturated heterocycles. The number of rotatable bonds is 3. The number of carboxylic acids is 1. The third-order valence-corrected chi connectivity index (χ3v) is 3.40. The molecule has 0 atom stereocenters. The zero-order valence-electron chi connectivity index (χ0n) is 10.7. The van der Waals surface area contributed by atoms with Crippen LogP contribution in [0.1, 0.15) is 21.7 Å². The smallest absolute Gasteiger partial charge is 0.374 e. The second-order valence-corrected chi connectivity index (χ2v) is 4.47. The van der Waals surface area contributed by atoms with Crippen molar-refractivity contribution < 1.29 is 19.2 Å². The Morgan fingerprint density at radius 3 is 2.63 bits per heavy atom. The molecule has 1 N–H and O–H groups in total. The van der Waals surface area contributed by atoms with Crippen LogP contribution in [0.25, 0.3) is 11.3 Å². The van der Waals surface area contributed by atoms with Crippen LogP contribution in [0, 0.1) is 13.8 Å². The third-order valence-electron chi connectivity index (χ3n) is 2.82. The SMILES string of the molecule is COc1c(-c2cc(C(=O)O)on2)cc(C)c(Cl)c1C. The zero-order valence-corrected chi connectivity index (χ0v) is 11.4. The minimum Gasteiger partial charge on any atom is -0.496 e. The molecule has 2 rings (SSSR count). The Labute approximate surface area is 114 Å². The van der Waals surface area contributed by atoms with Crippen LogP contribution in [0.5, 0.6) is 5.75 Å². The molecule has 0 saturated carbocycles. The normalized spacial score (nSPS) is 10.5. The van der Waals surface area contributed by atoms with E-state index in [1.165, 1.54) is 13.2 Å². The van der Waals surface area contributed by atoms with E-state index in [0.29, 0.717) is 22.0 Å². The fourth-order valence-electron chi connectivity index (χ4n) is 1.90. The minimum atomic E-state index is -1.17. The highest BCUT2D eigenvalue weighted by molar-refractivity contribution is 6.32. The number of aromatic carboxylic acids is 1. The van der Waals surface area contributed by atoms with Gasteiger partial charge in [-0.25, -0.2) is 4.79 Å². The van der Waals surface area contributed by atoms with Gasteiger partial charge in [-0.05, 0) is 25.5 Å². The van der Waals surface area contributed by atoms with Gasteiger partial charge in [-0.15, -0.1) is 0 Å². The summed E-state index contributed by atoms with van der Waals surface area (Å²) in [4.78, 5) is 10.8. The number of benzene rings is 1. The van der Waals surface area contributed by atoms with E-state index in [2.05, 4.69) is 5.16 Å². The number of hydrogen-bond acceptors (Lipinski definition) is 4. The van der Waals surface area contributed by atoms with Crippen molar-refractivity contribution in [2.75, 3.05) is 7.11 Å². The number of aromatic nitrogens is 1. The molecule has 0 aliphatic carbocycles. The molecule has 0 aliphatic heterocycles. The predicted molar refractivity (Wildman–Crippen MR) is 69.9 cm³/mol. The molecule has 19 heavy (non-hydrogen) atoms. The minimum absolute atomic E-state index is 0.220. The van der Waals surface area contributed by atoms with Crippen molar-refractivity contribution in [2.24, 2.45) is 0 Å². The predicted octanol–water partition coefficient (Wildman–Crippen LogP) is 3.32. The Balaban J connectivity index is 2.63. The van der Waals surface area contributed by atoms with Crippen molar-refractivity contribution in [3.8, 4) is 17.0 Å². The molecular formula is C13H12ClNO4. The zero-order chi connectivity index (χ0) is 14.2. The summed E-state index contributed by atoms with van der Waals surface area (Å²) in [7, 11) is 1.52. The van der Waals surface area contributed by atoms with Crippen LogP contribution in [-0.2, 0) is 0 Å². The summed E-state index contributed by atoms with van der Waals surface area (Å²) in [5.74, 6) is -0.830. The van der Waals surface area contributed by atoms with E-state index in [1.54, 1.807) is 6.07 Å². The van der Waals surface area contributed by atoms with Crippen molar-refractivity contribution in [3.63, 3.8) is 0 Å². The Morgan fingerprint density at radius 1 is 1.42 bits per heavy atom. The maximum atomic E-state index is 10.8. The van der Waals surface area contributed by atoms with Crippen LogP contribution >= 0.6 is 11.6 Å². The van der Waals surface area contributed by atoms with Crippen LogP contribution < -0.4 is 4.74 Å². The number of aryl methyl sites for hydroxylation is 1. The van der Waals surface area contributed by atoms with E-state index in [9.17, 15) is 4.79 Å². The van der Waals surface area contributed by atoms with E-state index in [0.717, 1.165) is 11.1 Å². The lowest BCUT2D eigenvalue weighted by Crippen LogP contribution is -1.95. The monoisotopic (exact) mass is 281 g/mol. The average molecular weight is 282 g/mol. The summed E-state index contributed by atoms with van der Waals surface area (Å²) < 4.78 is 10.1. The molecule has 1 aromatic heterocycles. The van der Waals surface area contributed by atoms with Crippen LogP contribution in [0.2, 0.25) is 5.02 Å². The van der Waals surface area contributed by atoms with Crippen molar-refractivity contribution in [1.29, 1.82) is 0 Å². The van der Waals surface area contributed by atoms with Crippen molar-refractivity contribution in [3.05, 3.63) is 34.0 Å². The van der Waals surface area contributed by atoms with Gasteiger partial charge in [0.2, 0.25) is 5.76 Å². The fraction of sp³-hybridized carbons (Fsp3) is 0.231. The summed E-state index contributed by atoms with van der Waals surface area (Å²) >= 11 is 6.16. The topological polar surface area (TPSA) is 72.6 Å². The number of hydrogen-bond donors (Lipinski definition) is 1. The highest BCUT2D eigenvalue weighted by Crippen LogP contribution is 2.38. The molecule has 0 fully saturated rings. The van der Waals surface area contributed by atoms with E-state index in [-0.39, 0.29) is 5.76 Å². The van der Waals surface area contributed by atoms with Crippen LogP contribution in [0.3, 0.4) is 0 Å². The molecule has 1 heterocycles. The molecule has 0 unspecified atom stereocenters. The molecule has 100 valence electrons. The highest BCUT2D eigenvalue weighted by atomic mass is 35.5. The summed E-state index contributed by atoms with van der Waals surface area (Å²) in [6.07, 6.45) is 0. The molecule has 0 radical (unpaired) electrons. The van der Waals surface area contributed by atoms with Crippen LogP contribution in [0.15, 0.2) is 16.7 Å². The first-order chi connectivity index (χ1) is 8.95. The quantitative estimate of drug-likeness (QED) is 0.934. The number of methoxy groups -OCH3 is 1. The highest BCUT2D eigenvalue weighted by Gasteiger charge is 2.19. The van der Waals surface area contributed by atoms with Gasteiger partial charge in [-0.2, -0.15) is 0 Å². The lowest BCUT2D eigenvalue weighted by Gasteiger charge is -2.13. The molecule has 6 heteroatoms. The van der Waals surface area contributed by atoms with Crippen molar-refractivity contribution in [2.45, 2.75) is 13.8 Å². The number of ether oxygens (including phenoxy) is 1. The Hall–Kier alpha value is -2.01.